The Balaban J connectivity index is 2.01. The molecule has 0 atom stereocenters. The molecule has 0 bridgehead atoms. The van der Waals surface area contributed by atoms with Crippen LogP contribution in [0.25, 0.3) is 10.9 Å². The van der Waals surface area contributed by atoms with Crippen LogP contribution in [0.3, 0.4) is 0 Å². The number of nitrogen functional groups attached to an aromatic ring is 1. The monoisotopic (exact) mass is 216 g/mol. The SMILES string of the molecule is Nc1c(OC2COC2)ccc2ncccc12. The van der Waals surface area contributed by atoms with Gasteiger partial charge in [-0.25, -0.2) is 0 Å². The molecular formula is C12H12N2O2. The average molecular weight is 216 g/mol. The minimum Gasteiger partial charge on any atom is -0.483 e. The molecule has 2 heterocycles. The van der Waals surface area contributed by atoms with Crippen LogP contribution in [0.2, 0.25) is 0 Å². The minimum atomic E-state index is 0.136. The van der Waals surface area contributed by atoms with Gasteiger partial charge in [-0.15, -0.1) is 0 Å². The fourth-order valence-corrected chi connectivity index (χ4v) is 1.72. The quantitative estimate of drug-likeness (QED) is 0.774. The Bertz CT molecular complexity index is 523. The molecule has 0 aliphatic carbocycles. The minimum absolute atomic E-state index is 0.136. The molecule has 1 fully saturated rings. The summed E-state index contributed by atoms with van der Waals surface area (Å²) in [4.78, 5) is 4.24. The first-order valence-corrected chi connectivity index (χ1v) is 5.22. The molecule has 0 amide bonds. The van der Waals surface area contributed by atoms with E-state index in [-0.39, 0.29) is 6.10 Å². The lowest BCUT2D eigenvalue weighted by atomic mass is 10.1. The number of ether oxygens (including phenoxy) is 2. The number of fused-ring (bicyclic) bond motifs is 1. The van der Waals surface area contributed by atoms with Gasteiger partial charge in [0.15, 0.2) is 0 Å². The van der Waals surface area contributed by atoms with Gasteiger partial charge in [0.2, 0.25) is 0 Å². The molecule has 3 rings (SSSR count). The van der Waals surface area contributed by atoms with Crippen LogP contribution in [0.1, 0.15) is 0 Å². The maximum absolute atomic E-state index is 6.04. The van der Waals surface area contributed by atoms with Gasteiger partial charge in [0.25, 0.3) is 0 Å². The Labute approximate surface area is 93.0 Å². The van der Waals surface area contributed by atoms with Gasteiger partial charge in [0.1, 0.15) is 11.9 Å². The van der Waals surface area contributed by atoms with E-state index in [4.69, 9.17) is 15.2 Å². The smallest absolute Gasteiger partial charge is 0.145 e. The van der Waals surface area contributed by atoms with Crippen molar-refractivity contribution in [3.8, 4) is 5.75 Å². The average Bonchev–Trinajstić information content (AvgIpc) is 2.26. The molecule has 1 aromatic heterocycles. The molecular weight excluding hydrogens is 204 g/mol. The fraction of sp³-hybridized carbons (Fsp3) is 0.250. The Morgan fingerprint density at radius 1 is 1.31 bits per heavy atom. The van der Waals surface area contributed by atoms with E-state index < -0.39 is 0 Å². The van der Waals surface area contributed by atoms with Crippen LogP contribution in [-0.2, 0) is 4.74 Å². The summed E-state index contributed by atoms with van der Waals surface area (Å²) in [6, 6.07) is 7.60. The summed E-state index contributed by atoms with van der Waals surface area (Å²) in [6.07, 6.45) is 1.89. The zero-order valence-corrected chi connectivity index (χ0v) is 8.72. The molecule has 1 saturated heterocycles. The van der Waals surface area contributed by atoms with E-state index in [1.807, 2.05) is 24.3 Å². The zero-order chi connectivity index (χ0) is 11.0. The normalized spacial score (nSPS) is 16.0. The largest absolute Gasteiger partial charge is 0.483 e. The van der Waals surface area contributed by atoms with Gasteiger partial charge < -0.3 is 15.2 Å². The summed E-state index contributed by atoms with van der Waals surface area (Å²) in [5.41, 5.74) is 7.58. The van der Waals surface area contributed by atoms with Crippen molar-refractivity contribution in [2.75, 3.05) is 18.9 Å². The number of hydrogen-bond acceptors (Lipinski definition) is 4. The molecule has 0 unspecified atom stereocenters. The lowest BCUT2D eigenvalue weighted by Crippen LogP contribution is -2.38. The number of anilines is 1. The van der Waals surface area contributed by atoms with Gasteiger partial charge in [-0.05, 0) is 24.3 Å². The van der Waals surface area contributed by atoms with Crippen LogP contribution in [0.15, 0.2) is 30.5 Å². The number of aromatic nitrogens is 1. The molecule has 1 aliphatic heterocycles. The lowest BCUT2D eigenvalue weighted by molar-refractivity contribution is -0.0793. The van der Waals surface area contributed by atoms with Gasteiger partial charge in [0, 0.05) is 11.6 Å². The Morgan fingerprint density at radius 3 is 2.94 bits per heavy atom. The van der Waals surface area contributed by atoms with E-state index in [9.17, 15) is 0 Å². The first-order valence-electron chi connectivity index (χ1n) is 5.22. The summed E-state index contributed by atoms with van der Waals surface area (Å²) in [7, 11) is 0. The molecule has 82 valence electrons. The van der Waals surface area contributed by atoms with E-state index >= 15 is 0 Å². The van der Waals surface area contributed by atoms with Crippen molar-refractivity contribution < 1.29 is 9.47 Å². The van der Waals surface area contributed by atoms with Crippen molar-refractivity contribution in [2.45, 2.75) is 6.10 Å². The number of nitrogens with zero attached hydrogens (tertiary/aromatic N) is 1. The van der Waals surface area contributed by atoms with Crippen molar-refractivity contribution in [3.63, 3.8) is 0 Å². The van der Waals surface area contributed by atoms with Gasteiger partial charge >= 0.3 is 0 Å². The van der Waals surface area contributed by atoms with Crippen molar-refractivity contribution in [2.24, 2.45) is 0 Å². The van der Waals surface area contributed by atoms with Gasteiger partial charge in [-0.1, -0.05) is 0 Å². The van der Waals surface area contributed by atoms with Gasteiger partial charge in [-0.2, -0.15) is 0 Å². The second kappa shape index (κ2) is 3.64. The second-order valence-electron chi connectivity index (χ2n) is 3.82. The molecule has 2 N–H and O–H groups in total. The maximum atomic E-state index is 6.04. The van der Waals surface area contributed by atoms with Crippen molar-refractivity contribution in [3.05, 3.63) is 30.5 Å². The number of benzene rings is 1. The summed E-state index contributed by atoms with van der Waals surface area (Å²) in [6.45, 7) is 1.29. The maximum Gasteiger partial charge on any atom is 0.145 e. The summed E-state index contributed by atoms with van der Waals surface area (Å²) < 4.78 is 10.8. The molecule has 16 heavy (non-hydrogen) atoms. The molecule has 1 aromatic carbocycles. The van der Waals surface area contributed by atoms with Crippen molar-refractivity contribution >= 4 is 16.6 Å². The molecule has 0 radical (unpaired) electrons. The van der Waals surface area contributed by atoms with Gasteiger partial charge in [0.05, 0.1) is 24.4 Å². The molecule has 0 saturated carbocycles. The van der Waals surface area contributed by atoms with Crippen molar-refractivity contribution in [1.29, 1.82) is 0 Å². The topological polar surface area (TPSA) is 57.4 Å². The van der Waals surface area contributed by atoms with Crippen LogP contribution in [0.4, 0.5) is 5.69 Å². The zero-order valence-electron chi connectivity index (χ0n) is 8.72. The van der Waals surface area contributed by atoms with E-state index in [1.54, 1.807) is 6.20 Å². The van der Waals surface area contributed by atoms with E-state index in [0.717, 1.165) is 10.9 Å². The van der Waals surface area contributed by atoms with Crippen molar-refractivity contribution in [1.82, 2.24) is 4.98 Å². The number of rotatable bonds is 2. The summed E-state index contributed by atoms with van der Waals surface area (Å²) in [5.74, 6) is 0.716. The highest BCUT2D eigenvalue weighted by molar-refractivity contribution is 5.93. The Morgan fingerprint density at radius 2 is 2.19 bits per heavy atom. The predicted molar refractivity (Wildman–Crippen MR) is 61.4 cm³/mol. The van der Waals surface area contributed by atoms with Crippen LogP contribution in [0, 0.1) is 0 Å². The number of nitrogens with two attached hydrogens (primary N) is 1. The van der Waals surface area contributed by atoms with E-state index in [0.29, 0.717) is 24.7 Å². The van der Waals surface area contributed by atoms with Crippen LogP contribution in [-0.4, -0.2) is 24.3 Å². The highest BCUT2D eigenvalue weighted by atomic mass is 16.6. The van der Waals surface area contributed by atoms with Crippen LogP contribution in [0.5, 0.6) is 5.75 Å². The van der Waals surface area contributed by atoms with E-state index in [2.05, 4.69) is 4.98 Å². The van der Waals surface area contributed by atoms with E-state index in [1.165, 1.54) is 0 Å². The van der Waals surface area contributed by atoms with Crippen LogP contribution < -0.4 is 10.5 Å². The Hall–Kier alpha value is -1.81. The lowest BCUT2D eigenvalue weighted by Gasteiger charge is -2.27. The molecule has 1 aliphatic rings. The first kappa shape index (κ1) is 9.42. The molecule has 2 aromatic rings. The molecule has 0 spiro atoms. The second-order valence-corrected chi connectivity index (χ2v) is 3.82. The third-order valence-electron chi connectivity index (χ3n) is 2.69. The standard InChI is InChI=1S/C12H12N2O2/c13-12-9-2-1-5-14-10(9)3-4-11(12)16-8-6-15-7-8/h1-5,8H,6-7,13H2. The number of hydrogen-bond donors (Lipinski definition) is 1. The third kappa shape index (κ3) is 1.47. The predicted octanol–water partition coefficient (Wildman–Crippen LogP) is 1.59. The summed E-state index contributed by atoms with van der Waals surface area (Å²) in [5, 5.41) is 0.931. The highest BCUT2D eigenvalue weighted by Crippen LogP contribution is 2.30. The summed E-state index contributed by atoms with van der Waals surface area (Å²) >= 11 is 0. The third-order valence-corrected chi connectivity index (χ3v) is 2.69. The highest BCUT2D eigenvalue weighted by Gasteiger charge is 2.21. The fourth-order valence-electron chi connectivity index (χ4n) is 1.72. The Kier molecular flexibility index (Phi) is 2.15. The molecule has 4 nitrogen and oxygen atoms in total. The van der Waals surface area contributed by atoms with Gasteiger partial charge in [-0.3, -0.25) is 4.98 Å². The molecule has 4 heteroatoms. The number of pyridine rings is 1. The van der Waals surface area contributed by atoms with Crippen LogP contribution >= 0.6 is 0 Å². The first-order chi connectivity index (χ1) is 7.84.